The molecule has 0 radical (unpaired) electrons. The second kappa shape index (κ2) is 6.37. The first-order valence-electron chi connectivity index (χ1n) is 7.86. The second-order valence-electron chi connectivity index (χ2n) is 6.36. The van der Waals surface area contributed by atoms with Crippen LogP contribution in [-0.2, 0) is 0 Å². The zero-order chi connectivity index (χ0) is 15.1. The number of carbonyl (C=O) groups excluding carboxylic acids is 1. The number of amides is 1. The van der Waals surface area contributed by atoms with E-state index in [0.717, 1.165) is 24.3 Å². The smallest absolute Gasteiger partial charge is 0.272 e. The number of hydrogen-bond donors (Lipinski definition) is 3. The van der Waals surface area contributed by atoms with Gasteiger partial charge in [0.05, 0.1) is 0 Å². The van der Waals surface area contributed by atoms with Crippen molar-refractivity contribution in [3.05, 3.63) is 29.7 Å². The second-order valence-corrected chi connectivity index (χ2v) is 6.36. The lowest BCUT2D eigenvalue weighted by Gasteiger charge is -2.29. The Labute approximate surface area is 140 Å². The molecule has 2 aromatic rings. The molecule has 0 aliphatic carbocycles. The van der Waals surface area contributed by atoms with Gasteiger partial charge in [0.2, 0.25) is 0 Å². The summed E-state index contributed by atoms with van der Waals surface area (Å²) in [7, 11) is 0. The third-order valence-electron chi connectivity index (χ3n) is 4.62. The summed E-state index contributed by atoms with van der Waals surface area (Å²) in [5, 5.41) is 13.7. The number of aromatic nitrogens is 2. The number of rotatable bonds is 3. The van der Waals surface area contributed by atoms with Gasteiger partial charge in [-0.2, -0.15) is 5.10 Å². The number of piperidine rings is 1. The van der Waals surface area contributed by atoms with Crippen molar-refractivity contribution in [1.82, 2.24) is 20.8 Å². The molecule has 2 saturated heterocycles. The van der Waals surface area contributed by atoms with Crippen LogP contribution in [0.5, 0.6) is 0 Å². The average molecular weight is 337 g/mol. The normalized spacial score (nSPS) is 25.9. The van der Waals surface area contributed by atoms with Gasteiger partial charge in [-0.25, -0.2) is 0 Å². The van der Waals surface area contributed by atoms with Gasteiger partial charge in [0.1, 0.15) is 11.5 Å². The SMILES string of the molecule is Cc1ccc(-c2cc(C(=O)NC3CC4CCC(C3)N4)n[nH]2)o1.Cl. The minimum absolute atomic E-state index is 0. The number of furan rings is 1. The highest BCUT2D eigenvalue weighted by Gasteiger charge is 2.34. The average Bonchev–Trinajstić information content (AvgIpc) is 3.19. The highest BCUT2D eigenvalue weighted by molar-refractivity contribution is 5.93. The third-order valence-corrected chi connectivity index (χ3v) is 4.62. The molecule has 2 aliphatic heterocycles. The van der Waals surface area contributed by atoms with E-state index in [2.05, 4.69) is 20.8 Å². The molecule has 2 bridgehead atoms. The van der Waals surface area contributed by atoms with Crippen LogP contribution in [0, 0.1) is 6.92 Å². The fraction of sp³-hybridized carbons (Fsp3) is 0.500. The van der Waals surface area contributed by atoms with Crippen molar-refractivity contribution in [1.29, 1.82) is 0 Å². The van der Waals surface area contributed by atoms with Crippen molar-refractivity contribution in [3.63, 3.8) is 0 Å². The molecule has 0 spiro atoms. The zero-order valence-electron chi connectivity index (χ0n) is 13.0. The van der Waals surface area contributed by atoms with Crippen LogP contribution in [0.1, 0.15) is 41.9 Å². The van der Waals surface area contributed by atoms with Gasteiger partial charge in [0.15, 0.2) is 11.5 Å². The molecule has 4 rings (SSSR count). The van der Waals surface area contributed by atoms with Gasteiger partial charge in [-0.3, -0.25) is 9.89 Å². The fourth-order valence-electron chi connectivity index (χ4n) is 3.58. The maximum atomic E-state index is 12.4. The van der Waals surface area contributed by atoms with E-state index in [-0.39, 0.29) is 24.4 Å². The van der Waals surface area contributed by atoms with E-state index >= 15 is 0 Å². The van der Waals surface area contributed by atoms with E-state index in [1.54, 1.807) is 6.07 Å². The summed E-state index contributed by atoms with van der Waals surface area (Å²) in [5.41, 5.74) is 1.14. The van der Waals surface area contributed by atoms with Crippen LogP contribution in [0.3, 0.4) is 0 Å². The number of fused-ring (bicyclic) bond motifs is 2. The van der Waals surface area contributed by atoms with Gasteiger partial charge in [-0.05, 0) is 44.7 Å². The van der Waals surface area contributed by atoms with Crippen molar-refractivity contribution in [2.75, 3.05) is 0 Å². The molecular weight excluding hydrogens is 316 g/mol. The summed E-state index contributed by atoms with van der Waals surface area (Å²) in [6, 6.07) is 6.87. The topological polar surface area (TPSA) is 83.0 Å². The predicted molar refractivity (Wildman–Crippen MR) is 88.7 cm³/mol. The van der Waals surface area contributed by atoms with Crippen LogP contribution in [0.15, 0.2) is 22.6 Å². The highest BCUT2D eigenvalue weighted by atomic mass is 35.5. The fourth-order valence-corrected chi connectivity index (χ4v) is 3.58. The molecule has 1 amide bonds. The molecule has 0 aromatic carbocycles. The highest BCUT2D eigenvalue weighted by Crippen LogP contribution is 2.27. The summed E-state index contributed by atoms with van der Waals surface area (Å²) in [6.45, 7) is 1.89. The lowest BCUT2D eigenvalue weighted by atomic mass is 10.00. The number of H-pyrrole nitrogens is 1. The first kappa shape index (κ1) is 16.1. The molecule has 6 nitrogen and oxygen atoms in total. The molecule has 7 heteroatoms. The standard InChI is InChI=1S/C16H20N4O2.ClH/c1-9-2-5-15(22-9)13-8-14(20-19-13)16(21)18-12-6-10-3-4-11(7-12)17-10;/h2,5,8,10-12,17H,3-4,6-7H2,1H3,(H,18,21)(H,19,20);1H. The molecule has 4 heterocycles. The van der Waals surface area contributed by atoms with Crippen LogP contribution in [0.2, 0.25) is 0 Å². The molecule has 124 valence electrons. The van der Waals surface area contributed by atoms with Crippen LogP contribution in [-0.4, -0.2) is 34.2 Å². The van der Waals surface area contributed by atoms with Crippen molar-refractivity contribution in [2.24, 2.45) is 0 Å². The third kappa shape index (κ3) is 3.28. The molecule has 2 unspecified atom stereocenters. The van der Waals surface area contributed by atoms with Crippen molar-refractivity contribution < 1.29 is 9.21 Å². The largest absolute Gasteiger partial charge is 0.460 e. The van der Waals surface area contributed by atoms with Gasteiger partial charge in [0.25, 0.3) is 5.91 Å². The van der Waals surface area contributed by atoms with E-state index in [9.17, 15) is 4.79 Å². The number of nitrogens with zero attached hydrogens (tertiary/aromatic N) is 1. The van der Waals surface area contributed by atoms with E-state index in [1.807, 2.05) is 19.1 Å². The number of aryl methyl sites for hydroxylation is 1. The summed E-state index contributed by atoms with van der Waals surface area (Å²) in [4.78, 5) is 12.4. The zero-order valence-corrected chi connectivity index (χ0v) is 13.8. The lowest BCUT2D eigenvalue weighted by Crippen LogP contribution is -2.48. The van der Waals surface area contributed by atoms with Crippen molar-refractivity contribution >= 4 is 18.3 Å². The van der Waals surface area contributed by atoms with Crippen LogP contribution in [0.4, 0.5) is 0 Å². The molecule has 2 fully saturated rings. The molecule has 2 aliphatic rings. The first-order chi connectivity index (χ1) is 10.7. The molecule has 0 saturated carbocycles. The Morgan fingerprint density at radius 2 is 2.04 bits per heavy atom. The number of aromatic amines is 1. The Balaban J connectivity index is 0.00000156. The van der Waals surface area contributed by atoms with Gasteiger partial charge < -0.3 is 15.1 Å². The predicted octanol–water partition coefficient (Wildman–Crippen LogP) is 2.41. The first-order valence-corrected chi connectivity index (χ1v) is 7.86. The molecular formula is C16H21ClN4O2. The summed E-state index contributed by atoms with van der Waals surface area (Å²) in [5.74, 6) is 1.42. The molecule has 2 atom stereocenters. The summed E-state index contributed by atoms with van der Waals surface area (Å²) < 4.78 is 5.54. The van der Waals surface area contributed by atoms with Crippen molar-refractivity contribution in [3.8, 4) is 11.5 Å². The Hall–Kier alpha value is -1.79. The van der Waals surface area contributed by atoms with Gasteiger partial charge in [-0.15, -0.1) is 12.4 Å². The lowest BCUT2D eigenvalue weighted by molar-refractivity contribution is 0.0919. The van der Waals surface area contributed by atoms with Crippen LogP contribution < -0.4 is 10.6 Å². The van der Waals surface area contributed by atoms with Crippen molar-refractivity contribution in [2.45, 2.75) is 50.7 Å². The van der Waals surface area contributed by atoms with Gasteiger partial charge in [-0.1, -0.05) is 0 Å². The number of hydrogen-bond acceptors (Lipinski definition) is 4. The minimum atomic E-state index is -0.114. The monoisotopic (exact) mass is 336 g/mol. The maximum Gasteiger partial charge on any atom is 0.272 e. The Bertz CT molecular complexity index is 684. The van der Waals surface area contributed by atoms with Gasteiger partial charge in [0, 0.05) is 24.2 Å². The summed E-state index contributed by atoms with van der Waals surface area (Å²) >= 11 is 0. The maximum absolute atomic E-state index is 12.4. The number of carbonyl (C=O) groups is 1. The van der Waals surface area contributed by atoms with E-state index in [0.29, 0.717) is 23.5 Å². The molecule has 23 heavy (non-hydrogen) atoms. The van der Waals surface area contributed by atoms with Crippen LogP contribution in [0.25, 0.3) is 11.5 Å². The Morgan fingerprint density at radius 3 is 2.70 bits per heavy atom. The Morgan fingerprint density at radius 1 is 1.30 bits per heavy atom. The number of halogens is 1. The van der Waals surface area contributed by atoms with E-state index in [1.165, 1.54) is 12.8 Å². The van der Waals surface area contributed by atoms with E-state index in [4.69, 9.17) is 4.42 Å². The molecule has 2 aromatic heterocycles. The van der Waals surface area contributed by atoms with E-state index < -0.39 is 0 Å². The summed E-state index contributed by atoms with van der Waals surface area (Å²) in [6.07, 6.45) is 4.47. The molecule has 3 N–H and O–H groups in total. The number of nitrogens with one attached hydrogen (secondary N) is 3. The minimum Gasteiger partial charge on any atom is -0.460 e. The quantitative estimate of drug-likeness (QED) is 0.803. The van der Waals surface area contributed by atoms with Crippen LogP contribution >= 0.6 is 12.4 Å². The van der Waals surface area contributed by atoms with Gasteiger partial charge >= 0.3 is 0 Å². The Kier molecular flexibility index (Phi) is 4.46.